The second-order valence-electron chi connectivity index (χ2n) is 8.99. The summed E-state index contributed by atoms with van der Waals surface area (Å²) in [4.78, 5) is 66.2. The molecule has 258 valence electrons. The van der Waals surface area contributed by atoms with E-state index in [2.05, 4.69) is 9.47 Å². The van der Waals surface area contributed by atoms with Gasteiger partial charge in [0.05, 0.1) is 65.2 Å². The van der Waals surface area contributed by atoms with Gasteiger partial charge in [0.1, 0.15) is 31.3 Å². The molecule has 0 rings (SSSR count). The van der Waals surface area contributed by atoms with E-state index < -0.39 is 37.0 Å². The van der Waals surface area contributed by atoms with E-state index in [0.29, 0.717) is 26.2 Å². The van der Waals surface area contributed by atoms with Crippen molar-refractivity contribution in [3.05, 3.63) is 0 Å². The third kappa shape index (κ3) is 33.4. The molecule has 0 aliphatic heterocycles. The van der Waals surface area contributed by atoms with Gasteiger partial charge >= 0.3 is 18.0 Å². The number of carbonyl (C=O) groups excluding carboxylic acids is 3. The van der Waals surface area contributed by atoms with Crippen molar-refractivity contribution in [2.45, 2.75) is 52.7 Å². The van der Waals surface area contributed by atoms with Crippen LogP contribution in [0.2, 0.25) is 0 Å². The summed E-state index contributed by atoms with van der Waals surface area (Å²) in [6, 6.07) is 0. The maximum Gasteiger partial charge on any atom is 0.407 e. The number of rotatable bonds is 24. The van der Waals surface area contributed by atoms with Gasteiger partial charge in [0.2, 0.25) is 0 Å². The maximum atomic E-state index is 10.9. The Balaban J connectivity index is -0.000000579. The number of aliphatic hydroxyl groups is 3. The van der Waals surface area contributed by atoms with E-state index in [-0.39, 0.29) is 76.6 Å². The number of hydrogen-bond donors (Lipinski definition) is 6. The summed E-state index contributed by atoms with van der Waals surface area (Å²) < 4.78 is 19.3. The Kier molecular flexibility index (Phi) is 30.9. The van der Waals surface area contributed by atoms with E-state index >= 15 is 0 Å². The van der Waals surface area contributed by atoms with E-state index in [1.165, 1.54) is 25.7 Å². The van der Waals surface area contributed by atoms with E-state index in [1.807, 2.05) is 0 Å². The molecule has 0 aromatic heterocycles. The molecule has 1 amide bonds. The second kappa shape index (κ2) is 29.9. The molecule has 2 atom stereocenters. The summed E-state index contributed by atoms with van der Waals surface area (Å²) in [5.74, 6) is -2.72. The van der Waals surface area contributed by atoms with Crippen molar-refractivity contribution in [2.75, 3.05) is 79.3 Å². The number of carbonyl (C=O) groups is 6. The quantitative estimate of drug-likeness (QED) is 0.0525. The SMILES string of the molecule is CC(=O)CN(CCOCCOCO)CC(=O)O.CC(=O)CN(CCOCO)C(=O)O.CCC(O)COC(CC(=O)O)C(C)=O. The van der Waals surface area contributed by atoms with Crippen molar-refractivity contribution < 1.29 is 78.4 Å². The molecular formula is C26H48N2O16. The molecule has 0 saturated carbocycles. The molecule has 6 N–H and O–H groups in total. The van der Waals surface area contributed by atoms with Crippen LogP contribution in [-0.4, -0.2) is 167 Å². The zero-order valence-electron chi connectivity index (χ0n) is 25.7. The summed E-state index contributed by atoms with van der Waals surface area (Å²) in [5.41, 5.74) is 0. The number of hydrogen-bond acceptors (Lipinski definition) is 14. The van der Waals surface area contributed by atoms with Crippen LogP contribution < -0.4 is 0 Å². The van der Waals surface area contributed by atoms with Gasteiger partial charge in [-0.15, -0.1) is 0 Å². The van der Waals surface area contributed by atoms with Gasteiger partial charge in [0, 0.05) is 13.1 Å². The fourth-order valence-electron chi connectivity index (χ4n) is 2.77. The molecule has 0 bridgehead atoms. The first-order valence-electron chi connectivity index (χ1n) is 13.5. The minimum absolute atomic E-state index is 0.00593. The van der Waals surface area contributed by atoms with Crippen molar-refractivity contribution >= 4 is 35.4 Å². The van der Waals surface area contributed by atoms with E-state index in [0.717, 1.165) is 4.90 Å². The van der Waals surface area contributed by atoms with Crippen LogP contribution in [0.1, 0.15) is 40.5 Å². The van der Waals surface area contributed by atoms with Crippen LogP contribution in [0.3, 0.4) is 0 Å². The largest absolute Gasteiger partial charge is 0.481 e. The lowest BCUT2D eigenvalue weighted by Crippen LogP contribution is -2.36. The van der Waals surface area contributed by atoms with E-state index in [1.54, 1.807) is 6.92 Å². The average molecular weight is 645 g/mol. The molecule has 18 heteroatoms. The second-order valence-corrected chi connectivity index (χ2v) is 8.99. The maximum absolute atomic E-state index is 10.9. The third-order valence-corrected chi connectivity index (χ3v) is 4.88. The van der Waals surface area contributed by atoms with Crippen molar-refractivity contribution in [1.29, 1.82) is 0 Å². The molecule has 0 saturated heterocycles. The van der Waals surface area contributed by atoms with Crippen LogP contribution in [0.4, 0.5) is 4.79 Å². The van der Waals surface area contributed by atoms with E-state index in [4.69, 9.17) is 40.1 Å². The number of ether oxygens (including phenoxy) is 4. The summed E-state index contributed by atoms with van der Waals surface area (Å²) in [6.45, 7) is 6.16. The third-order valence-electron chi connectivity index (χ3n) is 4.88. The Morgan fingerprint density at radius 2 is 1.23 bits per heavy atom. The lowest BCUT2D eigenvalue weighted by Gasteiger charge is -2.18. The molecular weight excluding hydrogens is 596 g/mol. The summed E-state index contributed by atoms with van der Waals surface area (Å²) in [5, 5.41) is 51.4. The summed E-state index contributed by atoms with van der Waals surface area (Å²) in [6.07, 6.45) is -2.61. The monoisotopic (exact) mass is 644 g/mol. The first-order valence-corrected chi connectivity index (χ1v) is 13.5. The first-order chi connectivity index (χ1) is 20.6. The number of aliphatic carboxylic acids is 2. The highest BCUT2D eigenvalue weighted by Gasteiger charge is 2.19. The zero-order valence-corrected chi connectivity index (χ0v) is 25.7. The van der Waals surface area contributed by atoms with Gasteiger partial charge in [-0.3, -0.25) is 33.8 Å². The van der Waals surface area contributed by atoms with Gasteiger partial charge in [-0.1, -0.05) is 6.92 Å². The number of amides is 1. The number of ketones is 3. The molecule has 0 aromatic rings. The highest BCUT2D eigenvalue weighted by molar-refractivity contribution is 5.85. The molecule has 0 aliphatic rings. The van der Waals surface area contributed by atoms with Gasteiger partial charge in [0.25, 0.3) is 0 Å². The molecule has 0 heterocycles. The lowest BCUT2D eigenvalue weighted by molar-refractivity contribution is -0.146. The van der Waals surface area contributed by atoms with Crippen molar-refractivity contribution in [2.24, 2.45) is 0 Å². The summed E-state index contributed by atoms with van der Waals surface area (Å²) >= 11 is 0. The van der Waals surface area contributed by atoms with Gasteiger partial charge in [-0.2, -0.15) is 0 Å². The van der Waals surface area contributed by atoms with Gasteiger partial charge in [-0.25, -0.2) is 4.79 Å². The Bertz CT molecular complexity index is 810. The Morgan fingerprint density at radius 1 is 0.705 bits per heavy atom. The Morgan fingerprint density at radius 3 is 1.66 bits per heavy atom. The standard InChI is InChI=1S/C10H19NO6.C9H16O5.C7H13NO5/c1-9(13)6-11(7-10(14)15)2-3-16-4-5-17-8-12;1-3-7(11)5-14-8(6(2)10)4-9(12)13;1-6(10)4-8(7(11)12)2-3-13-5-9/h12H,2-8H2,1H3,(H,14,15);7-8,11H,3-5H2,1-2H3,(H,12,13);9H,2-5H2,1H3,(H,11,12). The van der Waals surface area contributed by atoms with Gasteiger partial charge < -0.3 is 49.6 Å². The predicted octanol–water partition coefficient (Wildman–Crippen LogP) is -1.33. The van der Waals surface area contributed by atoms with Gasteiger partial charge in [0.15, 0.2) is 5.78 Å². The molecule has 2 unspecified atom stereocenters. The van der Waals surface area contributed by atoms with Crippen LogP contribution in [-0.2, 0) is 42.9 Å². The Labute approximate surface area is 256 Å². The molecule has 18 nitrogen and oxygen atoms in total. The highest BCUT2D eigenvalue weighted by Crippen LogP contribution is 2.03. The molecule has 0 aliphatic carbocycles. The fraction of sp³-hybridized carbons (Fsp3) is 0.769. The van der Waals surface area contributed by atoms with Crippen molar-refractivity contribution in [3.8, 4) is 0 Å². The lowest BCUT2D eigenvalue weighted by atomic mass is 10.2. The minimum Gasteiger partial charge on any atom is -0.481 e. The Hall–Kier alpha value is -3.10. The van der Waals surface area contributed by atoms with Crippen molar-refractivity contribution in [3.63, 3.8) is 0 Å². The number of carboxylic acid groups (broad SMARTS) is 3. The van der Waals surface area contributed by atoms with Crippen LogP contribution in [0.5, 0.6) is 0 Å². The topological polar surface area (TPSA) is 267 Å². The number of aliphatic hydroxyl groups excluding tert-OH is 3. The van der Waals surface area contributed by atoms with Gasteiger partial charge in [-0.05, 0) is 27.2 Å². The van der Waals surface area contributed by atoms with Crippen LogP contribution >= 0.6 is 0 Å². The molecule has 0 radical (unpaired) electrons. The molecule has 0 fully saturated rings. The van der Waals surface area contributed by atoms with Crippen LogP contribution in [0.15, 0.2) is 0 Å². The predicted molar refractivity (Wildman–Crippen MR) is 151 cm³/mol. The fourth-order valence-corrected chi connectivity index (χ4v) is 2.77. The number of carboxylic acids is 2. The normalized spacial score (nSPS) is 11.7. The van der Waals surface area contributed by atoms with Crippen LogP contribution in [0.25, 0.3) is 0 Å². The summed E-state index contributed by atoms with van der Waals surface area (Å²) in [7, 11) is 0. The zero-order chi connectivity index (χ0) is 34.5. The first kappa shape index (κ1) is 45.3. The highest BCUT2D eigenvalue weighted by atomic mass is 16.6. The minimum atomic E-state index is -1.17. The number of Topliss-reactive ketones (excluding diaryl/α,β-unsaturated/α-hetero) is 3. The van der Waals surface area contributed by atoms with E-state index in [9.17, 15) is 28.8 Å². The molecule has 44 heavy (non-hydrogen) atoms. The number of nitrogens with zero attached hydrogens (tertiary/aromatic N) is 2. The average Bonchev–Trinajstić information content (AvgIpc) is 2.91. The molecule has 0 aromatic carbocycles. The van der Waals surface area contributed by atoms with Crippen LogP contribution in [0, 0.1) is 0 Å². The smallest absolute Gasteiger partial charge is 0.407 e. The molecule has 0 spiro atoms. The van der Waals surface area contributed by atoms with Crippen molar-refractivity contribution in [1.82, 2.24) is 9.80 Å².